The summed E-state index contributed by atoms with van der Waals surface area (Å²) in [6.07, 6.45) is 1.57. The number of thiol groups is 1. The predicted molar refractivity (Wildman–Crippen MR) is 66.5 cm³/mol. The topological polar surface area (TPSA) is 45.9 Å². The lowest BCUT2D eigenvalue weighted by molar-refractivity contribution is 0.169. The van der Waals surface area contributed by atoms with Crippen molar-refractivity contribution in [2.75, 3.05) is 0 Å². The maximum atomic E-state index is 8.84. The van der Waals surface area contributed by atoms with Gasteiger partial charge in [0.15, 0.2) is 5.60 Å². The first-order chi connectivity index (χ1) is 7.35. The van der Waals surface area contributed by atoms with E-state index in [4.69, 9.17) is 10.00 Å². The van der Waals surface area contributed by atoms with Crippen LogP contribution in [0.3, 0.4) is 0 Å². The van der Waals surface area contributed by atoms with Gasteiger partial charge in [-0.05, 0) is 32.4 Å². The van der Waals surface area contributed by atoms with Crippen LogP contribution < -0.4 is 4.74 Å². The van der Waals surface area contributed by atoms with Gasteiger partial charge in [-0.25, -0.2) is 0 Å². The van der Waals surface area contributed by atoms with Crippen LogP contribution in [0.4, 0.5) is 0 Å². The molecular weight excluding hydrogens is 220 g/mol. The van der Waals surface area contributed by atoms with Gasteiger partial charge in [-0.3, -0.25) is 4.98 Å². The molecule has 0 fully saturated rings. The third kappa shape index (κ3) is 3.01. The second-order valence-corrected chi connectivity index (χ2v) is 4.53. The zero-order valence-corrected chi connectivity index (χ0v) is 10.5. The molecule has 4 heteroatoms. The van der Waals surface area contributed by atoms with E-state index in [0.29, 0.717) is 10.6 Å². The summed E-state index contributed by atoms with van der Waals surface area (Å²) in [5.41, 5.74) is 0.716. The molecule has 0 saturated carbocycles. The fraction of sp³-hybridized carbons (Fsp3) is 0.333. The smallest absolute Gasteiger partial charge is 0.188 e. The lowest BCUT2D eigenvalue weighted by atomic mass is 10.2. The van der Waals surface area contributed by atoms with Crippen LogP contribution in [0.15, 0.2) is 23.7 Å². The fourth-order valence-electron chi connectivity index (χ4n) is 1.14. The average Bonchev–Trinajstić information content (AvgIpc) is 2.16. The number of nitrogens with zero attached hydrogens (tertiary/aromatic N) is 2. The first-order valence-corrected chi connectivity index (χ1v) is 5.25. The highest BCUT2D eigenvalue weighted by Crippen LogP contribution is 2.25. The second kappa shape index (κ2) is 4.58. The van der Waals surface area contributed by atoms with Crippen molar-refractivity contribution >= 4 is 18.2 Å². The number of rotatable bonds is 3. The summed E-state index contributed by atoms with van der Waals surface area (Å²) in [4.78, 5) is 4.88. The Morgan fingerprint density at radius 1 is 1.62 bits per heavy atom. The third-order valence-electron chi connectivity index (χ3n) is 1.89. The van der Waals surface area contributed by atoms with Crippen molar-refractivity contribution < 1.29 is 4.74 Å². The molecule has 16 heavy (non-hydrogen) atoms. The van der Waals surface area contributed by atoms with Gasteiger partial charge < -0.3 is 4.74 Å². The van der Waals surface area contributed by atoms with Gasteiger partial charge in [0.2, 0.25) is 0 Å². The van der Waals surface area contributed by atoms with E-state index in [2.05, 4.69) is 30.3 Å². The van der Waals surface area contributed by atoms with Gasteiger partial charge in [-0.15, -0.1) is 12.6 Å². The summed E-state index contributed by atoms with van der Waals surface area (Å²) in [6, 6.07) is 3.79. The average molecular weight is 234 g/mol. The number of hydrogen-bond donors (Lipinski definition) is 1. The van der Waals surface area contributed by atoms with Crippen molar-refractivity contribution in [1.82, 2.24) is 4.98 Å². The maximum Gasteiger partial charge on any atom is 0.188 e. The van der Waals surface area contributed by atoms with Crippen LogP contribution in [-0.2, 0) is 0 Å². The third-order valence-corrected chi connectivity index (χ3v) is 2.23. The summed E-state index contributed by atoms with van der Waals surface area (Å²) in [6.45, 7) is 9.05. The van der Waals surface area contributed by atoms with Gasteiger partial charge >= 0.3 is 0 Å². The molecule has 0 amide bonds. The van der Waals surface area contributed by atoms with Crippen LogP contribution in [0.2, 0.25) is 0 Å². The van der Waals surface area contributed by atoms with Crippen LogP contribution in [-0.4, -0.2) is 10.6 Å². The molecule has 0 spiro atoms. The van der Waals surface area contributed by atoms with E-state index < -0.39 is 5.60 Å². The Kier molecular flexibility index (Phi) is 3.61. The minimum Gasteiger partial charge on any atom is -0.471 e. The minimum absolute atomic E-state index is 0.529. The van der Waals surface area contributed by atoms with Gasteiger partial charge in [0.05, 0.1) is 11.9 Å². The number of ether oxygens (including phenoxy) is 1. The standard InChI is InChI=1S/C12H14N2OS/c1-8(2)11-10(16)5-9(6-14-11)15-12(3,4)7-13/h5-6,16H,1H2,2-4H3. The van der Waals surface area contributed by atoms with Crippen molar-refractivity contribution in [2.45, 2.75) is 31.3 Å². The molecule has 0 N–H and O–H groups in total. The number of hydrogen-bond acceptors (Lipinski definition) is 4. The molecular formula is C12H14N2OS. The fourth-order valence-corrected chi connectivity index (χ4v) is 1.51. The highest BCUT2D eigenvalue weighted by atomic mass is 32.1. The van der Waals surface area contributed by atoms with Crippen molar-refractivity contribution in [3.8, 4) is 11.8 Å². The predicted octanol–water partition coefficient (Wildman–Crippen LogP) is 3.08. The summed E-state index contributed by atoms with van der Waals surface area (Å²) < 4.78 is 5.46. The SMILES string of the molecule is C=C(C)c1ncc(OC(C)(C)C#N)cc1S. The molecule has 0 aromatic carbocycles. The zero-order valence-electron chi connectivity index (χ0n) is 9.61. The molecule has 1 heterocycles. The van der Waals surface area contributed by atoms with Crippen LogP contribution in [0, 0.1) is 11.3 Å². The van der Waals surface area contributed by atoms with Crippen molar-refractivity contribution in [1.29, 1.82) is 5.26 Å². The molecule has 0 saturated heterocycles. The highest BCUT2D eigenvalue weighted by Gasteiger charge is 2.19. The second-order valence-electron chi connectivity index (χ2n) is 4.04. The first-order valence-electron chi connectivity index (χ1n) is 4.81. The summed E-state index contributed by atoms with van der Waals surface area (Å²) in [7, 11) is 0. The van der Waals surface area contributed by atoms with Crippen molar-refractivity contribution in [3.63, 3.8) is 0 Å². The van der Waals surface area contributed by atoms with Gasteiger partial charge in [-0.1, -0.05) is 6.58 Å². The van der Waals surface area contributed by atoms with Crippen LogP contribution >= 0.6 is 12.6 Å². The highest BCUT2D eigenvalue weighted by molar-refractivity contribution is 7.80. The molecule has 1 aromatic heterocycles. The molecule has 0 atom stereocenters. The normalized spacial score (nSPS) is 10.7. The zero-order chi connectivity index (χ0) is 12.3. The quantitative estimate of drug-likeness (QED) is 0.817. The van der Waals surface area contributed by atoms with Crippen LogP contribution in [0.1, 0.15) is 26.5 Å². The Labute approximate surface area is 101 Å². The summed E-state index contributed by atoms with van der Waals surface area (Å²) in [5, 5.41) is 8.84. The Balaban J connectivity index is 2.99. The number of nitriles is 1. The molecule has 84 valence electrons. The van der Waals surface area contributed by atoms with E-state index in [9.17, 15) is 0 Å². The number of allylic oxidation sites excluding steroid dienone is 1. The first kappa shape index (κ1) is 12.6. The Bertz CT molecular complexity index is 461. The minimum atomic E-state index is -0.868. The van der Waals surface area contributed by atoms with Gasteiger partial charge in [0.25, 0.3) is 0 Å². The number of aromatic nitrogens is 1. The monoisotopic (exact) mass is 234 g/mol. The van der Waals surface area contributed by atoms with Gasteiger partial charge in [0, 0.05) is 4.90 Å². The molecule has 0 aliphatic carbocycles. The molecule has 0 aliphatic heterocycles. The Morgan fingerprint density at radius 2 is 2.25 bits per heavy atom. The van der Waals surface area contributed by atoms with Crippen LogP contribution in [0.5, 0.6) is 5.75 Å². The Morgan fingerprint density at radius 3 is 2.69 bits per heavy atom. The lowest BCUT2D eigenvalue weighted by Crippen LogP contribution is -2.25. The molecule has 1 rings (SSSR count). The van der Waals surface area contributed by atoms with Crippen molar-refractivity contribution in [3.05, 3.63) is 24.5 Å². The van der Waals surface area contributed by atoms with E-state index in [1.165, 1.54) is 0 Å². The van der Waals surface area contributed by atoms with E-state index in [-0.39, 0.29) is 0 Å². The lowest BCUT2D eigenvalue weighted by Gasteiger charge is -2.18. The largest absolute Gasteiger partial charge is 0.471 e. The van der Waals surface area contributed by atoms with Crippen LogP contribution in [0.25, 0.3) is 5.57 Å². The van der Waals surface area contributed by atoms with E-state index in [0.717, 1.165) is 11.3 Å². The molecule has 0 bridgehead atoms. The van der Waals surface area contributed by atoms with Gasteiger partial charge in [-0.2, -0.15) is 5.26 Å². The van der Waals surface area contributed by atoms with Crippen molar-refractivity contribution in [2.24, 2.45) is 0 Å². The molecule has 0 unspecified atom stereocenters. The Hall–Kier alpha value is -1.47. The van der Waals surface area contributed by atoms with E-state index in [1.807, 2.05) is 6.92 Å². The molecule has 3 nitrogen and oxygen atoms in total. The molecule has 0 radical (unpaired) electrons. The summed E-state index contributed by atoms with van der Waals surface area (Å²) >= 11 is 4.30. The van der Waals surface area contributed by atoms with Gasteiger partial charge in [0.1, 0.15) is 11.8 Å². The number of pyridine rings is 1. The summed E-state index contributed by atoms with van der Waals surface area (Å²) in [5.74, 6) is 0.529. The molecule has 1 aromatic rings. The van der Waals surface area contributed by atoms with E-state index >= 15 is 0 Å². The van der Waals surface area contributed by atoms with E-state index in [1.54, 1.807) is 26.1 Å². The maximum absolute atomic E-state index is 8.84. The molecule has 0 aliphatic rings.